The predicted molar refractivity (Wildman–Crippen MR) is 130 cm³/mol. The van der Waals surface area contributed by atoms with Crippen LogP contribution in [-0.2, 0) is 0 Å². The maximum atomic E-state index is 6.42. The van der Waals surface area contributed by atoms with Crippen LogP contribution in [0.2, 0.25) is 0 Å². The summed E-state index contributed by atoms with van der Waals surface area (Å²) in [7, 11) is 0. The van der Waals surface area contributed by atoms with Crippen LogP contribution in [0.5, 0.6) is 0 Å². The van der Waals surface area contributed by atoms with Crippen LogP contribution < -0.4 is 10.3 Å². The van der Waals surface area contributed by atoms with Crippen molar-refractivity contribution in [2.75, 3.05) is 18.0 Å². The second kappa shape index (κ2) is 8.79. The molecule has 0 spiro atoms. The first-order valence-electron chi connectivity index (χ1n) is 11.2. The van der Waals surface area contributed by atoms with Gasteiger partial charge in [-0.1, -0.05) is 38.1 Å². The topological polar surface area (TPSA) is 54.5 Å². The minimum Gasteiger partial charge on any atom is -0.453 e. The lowest BCUT2D eigenvalue weighted by Gasteiger charge is -2.24. The number of pyridine rings is 1. The van der Waals surface area contributed by atoms with E-state index in [0.717, 1.165) is 70.3 Å². The molecule has 0 fully saturated rings. The average molecular weight is 423 g/mol. The number of hydrogen-bond donors (Lipinski definition) is 0. The average Bonchev–Trinajstić information content (AvgIpc) is 2.83. The summed E-state index contributed by atoms with van der Waals surface area (Å²) in [6.45, 7) is 6.48. The van der Waals surface area contributed by atoms with E-state index in [1.165, 1.54) is 5.69 Å². The Morgan fingerprint density at radius 3 is 2.38 bits per heavy atom. The zero-order chi connectivity index (χ0) is 21.9. The summed E-state index contributed by atoms with van der Waals surface area (Å²) >= 11 is 0. The molecule has 0 amide bonds. The summed E-state index contributed by atoms with van der Waals surface area (Å²) in [5.41, 5.74) is 4.54. The first-order chi connectivity index (χ1) is 15.8. The highest BCUT2D eigenvalue weighted by molar-refractivity contribution is 5.96. The van der Waals surface area contributed by atoms with Gasteiger partial charge >= 0.3 is 0 Å². The zero-order valence-electron chi connectivity index (χ0n) is 18.5. The summed E-state index contributed by atoms with van der Waals surface area (Å²) in [6, 6.07) is 20.3. The number of benzene rings is 3. The monoisotopic (exact) mass is 422 g/mol. The second-order valence-corrected chi connectivity index (χ2v) is 7.96. The van der Waals surface area contributed by atoms with Gasteiger partial charge in [-0.15, -0.1) is 0 Å². The molecular formula is C27H26N4O. The third kappa shape index (κ3) is 3.82. The van der Waals surface area contributed by atoms with E-state index in [2.05, 4.69) is 54.1 Å². The smallest absolute Gasteiger partial charge is 0.155 e. The van der Waals surface area contributed by atoms with Crippen molar-refractivity contribution in [2.24, 2.45) is 4.99 Å². The molecule has 0 unspecified atom stereocenters. The van der Waals surface area contributed by atoms with Gasteiger partial charge in [0.25, 0.3) is 0 Å². The van der Waals surface area contributed by atoms with Crippen molar-refractivity contribution in [3.05, 3.63) is 78.4 Å². The highest BCUT2D eigenvalue weighted by atomic mass is 16.3. The van der Waals surface area contributed by atoms with E-state index in [0.29, 0.717) is 0 Å². The van der Waals surface area contributed by atoms with E-state index in [9.17, 15) is 0 Å². The molecule has 32 heavy (non-hydrogen) atoms. The van der Waals surface area contributed by atoms with Gasteiger partial charge in [-0.3, -0.25) is 4.98 Å². The molecule has 0 atom stereocenters. The van der Waals surface area contributed by atoms with Gasteiger partial charge in [0, 0.05) is 54.1 Å². The fraction of sp³-hybridized carbons (Fsp3) is 0.222. The molecule has 160 valence electrons. The lowest BCUT2D eigenvalue weighted by atomic mass is 10.0. The molecule has 2 aliphatic rings. The van der Waals surface area contributed by atoms with Gasteiger partial charge in [0.2, 0.25) is 0 Å². The lowest BCUT2D eigenvalue weighted by molar-refractivity contribution is 0.613. The van der Waals surface area contributed by atoms with E-state index in [1.54, 1.807) is 12.4 Å². The number of hydrogen-bond acceptors (Lipinski definition) is 5. The number of fused-ring (bicyclic) bond motifs is 4. The fourth-order valence-electron chi connectivity index (χ4n) is 4.18. The molecule has 0 radical (unpaired) electrons. The number of aromatic nitrogens is 2. The van der Waals surface area contributed by atoms with E-state index in [-0.39, 0.29) is 0 Å². The molecule has 0 bridgehead atoms. The molecule has 2 heterocycles. The van der Waals surface area contributed by atoms with E-state index in [4.69, 9.17) is 14.4 Å². The van der Waals surface area contributed by atoms with Crippen molar-refractivity contribution in [3.8, 4) is 11.5 Å². The lowest BCUT2D eigenvalue weighted by Crippen LogP contribution is -2.24. The molecular weight excluding hydrogens is 396 g/mol. The maximum Gasteiger partial charge on any atom is 0.155 e. The van der Waals surface area contributed by atoms with Gasteiger partial charge in [0.15, 0.2) is 11.3 Å². The van der Waals surface area contributed by atoms with Crippen LogP contribution >= 0.6 is 0 Å². The Labute approximate surface area is 187 Å². The molecule has 1 aliphatic heterocycles. The van der Waals surface area contributed by atoms with Crippen molar-refractivity contribution >= 4 is 33.2 Å². The van der Waals surface area contributed by atoms with Gasteiger partial charge in [-0.05, 0) is 37.1 Å². The predicted octanol–water partition coefficient (Wildman–Crippen LogP) is 6.34. The molecule has 0 N–H and O–H groups in total. The highest BCUT2D eigenvalue weighted by Gasteiger charge is 2.16. The summed E-state index contributed by atoms with van der Waals surface area (Å²) in [4.78, 5) is 16.3. The summed E-state index contributed by atoms with van der Waals surface area (Å²) in [5, 5.41) is 2.94. The first-order valence-corrected chi connectivity index (χ1v) is 11.2. The minimum absolute atomic E-state index is 0.735. The van der Waals surface area contributed by atoms with Crippen molar-refractivity contribution in [2.45, 2.75) is 26.7 Å². The third-order valence-corrected chi connectivity index (χ3v) is 5.62. The van der Waals surface area contributed by atoms with E-state index in [1.807, 2.05) is 30.3 Å². The fourth-order valence-corrected chi connectivity index (χ4v) is 4.18. The van der Waals surface area contributed by atoms with Crippen LogP contribution in [0.3, 0.4) is 0 Å². The summed E-state index contributed by atoms with van der Waals surface area (Å²) in [5.74, 6) is 0.735. The Hall–Kier alpha value is -3.73. The molecule has 1 aromatic heterocycles. The molecule has 5 heteroatoms. The van der Waals surface area contributed by atoms with Crippen molar-refractivity contribution in [1.29, 1.82) is 0 Å². The van der Waals surface area contributed by atoms with Crippen molar-refractivity contribution in [3.63, 3.8) is 0 Å². The summed E-state index contributed by atoms with van der Waals surface area (Å²) in [6.07, 6.45) is 5.72. The minimum atomic E-state index is 0.735. The molecule has 5 rings (SSSR count). The third-order valence-electron chi connectivity index (χ3n) is 5.62. The molecule has 1 aliphatic carbocycles. The van der Waals surface area contributed by atoms with Crippen molar-refractivity contribution < 1.29 is 4.42 Å². The zero-order valence-corrected chi connectivity index (χ0v) is 18.5. The summed E-state index contributed by atoms with van der Waals surface area (Å²) < 4.78 is 6.42. The van der Waals surface area contributed by atoms with Gasteiger partial charge in [0.1, 0.15) is 11.2 Å². The van der Waals surface area contributed by atoms with Gasteiger partial charge in [-0.2, -0.15) is 0 Å². The van der Waals surface area contributed by atoms with Gasteiger partial charge in [0.05, 0.1) is 11.0 Å². The largest absolute Gasteiger partial charge is 0.453 e. The molecule has 3 aromatic rings. The van der Waals surface area contributed by atoms with E-state index >= 15 is 0 Å². The van der Waals surface area contributed by atoms with Crippen LogP contribution in [-0.4, -0.2) is 23.1 Å². The van der Waals surface area contributed by atoms with Crippen LogP contribution in [0.1, 0.15) is 26.7 Å². The Morgan fingerprint density at radius 2 is 1.62 bits per heavy atom. The van der Waals surface area contributed by atoms with Crippen LogP contribution in [0.25, 0.3) is 33.3 Å². The maximum absolute atomic E-state index is 6.42. The normalized spacial score (nSPS) is 12.1. The molecule has 0 saturated heterocycles. The molecule has 0 saturated carbocycles. The SMILES string of the molecule is CCCN(CCC)c1ccc2nc3c4ccccc4c(=Nc4ccncc4)cc-3oc2c1. The number of nitrogens with zero attached hydrogens (tertiary/aromatic N) is 4. The van der Waals surface area contributed by atoms with Gasteiger partial charge < -0.3 is 9.32 Å². The van der Waals surface area contributed by atoms with Crippen LogP contribution in [0, 0.1) is 0 Å². The van der Waals surface area contributed by atoms with Crippen LogP contribution in [0.4, 0.5) is 11.4 Å². The Kier molecular flexibility index (Phi) is 5.55. The Bertz CT molecular complexity index is 1400. The Morgan fingerprint density at radius 1 is 0.875 bits per heavy atom. The Balaban J connectivity index is 1.74. The first kappa shape index (κ1) is 20.2. The highest BCUT2D eigenvalue weighted by Crippen LogP contribution is 2.32. The quantitative estimate of drug-likeness (QED) is 0.237. The number of anilines is 1. The second-order valence-electron chi connectivity index (χ2n) is 7.96. The van der Waals surface area contributed by atoms with Crippen molar-refractivity contribution in [1.82, 2.24) is 9.97 Å². The molecule has 2 aromatic carbocycles. The van der Waals surface area contributed by atoms with E-state index < -0.39 is 0 Å². The number of rotatable bonds is 6. The standard InChI is InChI=1S/C27H26N4O/c1-3-15-31(16-4-2)20-9-10-23-25(17-20)32-26-18-24(29-19-11-13-28-14-12-19)21-7-5-6-8-22(21)27(26)30-23/h5-14,17-18H,3-4,15-16H2,1-2H3. The molecule has 5 nitrogen and oxygen atoms in total. The van der Waals surface area contributed by atoms with Gasteiger partial charge in [-0.25, -0.2) is 9.98 Å². The van der Waals surface area contributed by atoms with Crippen LogP contribution in [0.15, 0.2) is 82.5 Å².